The van der Waals surface area contributed by atoms with Crippen molar-refractivity contribution in [2.45, 2.75) is 5.92 Å². The Hall–Kier alpha value is -2.16. The van der Waals surface area contributed by atoms with Gasteiger partial charge in [0.1, 0.15) is 12.9 Å². The van der Waals surface area contributed by atoms with Crippen LogP contribution in [-0.2, 0) is 9.53 Å². The van der Waals surface area contributed by atoms with Gasteiger partial charge in [0.05, 0.1) is 18.1 Å². The van der Waals surface area contributed by atoms with Crippen LogP contribution in [0.4, 0.5) is 0 Å². The van der Waals surface area contributed by atoms with Crippen molar-refractivity contribution >= 4 is 12.1 Å². The fraction of sp³-hybridized carbons (Fsp3) is 0.200. The van der Waals surface area contributed by atoms with Crippen LogP contribution >= 0.6 is 0 Å². The van der Waals surface area contributed by atoms with Crippen LogP contribution in [-0.4, -0.2) is 18.7 Å². The highest BCUT2D eigenvalue weighted by Crippen LogP contribution is 2.34. The SMILES string of the molecule is O=Cc1ccc(C2C=CC3=COCC3C2=O)cc1. The Bertz CT molecular complexity index is 552. The van der Waals surface area contributed by atoms with E-state index in [0.717, 1.165) is 17.4 Å². The van der Waals surface area contributed by atoms with E-state index in [9.17, 15) is 9.59 Å². The summed E-state index contributed by atoms with van der Waals surface area (Å²) in [6.07, 6.45) is 6.31. The van der Waals surface area contributed by atoms with Crippen molar-refractivity contribution < 1.29 is 14.3 Å². The lowest BCUT2D eigenvalue weighted by Crippen LogP contribution is -2.26. The van der Waals surface area contributed by atoms with Crippen LogP contribution in [0.1, 0.15) is 21.8 Å². The van der Waals surface area contributed by atoms with E-state index in [-0.39, 0.29) is 17.6 Å². The van der Waals surface area contributed by atoms with Gasteiger partial charge in [0.25, 0.3) is 0 Å². The molecule has 0 spiro atoms. The lowest BCUT2D eigenvalue weighted by atomic mass is 9.80. The highest BCUT2D eigenvalue weighted by molar-refractivity contribution is 5.94. The third-order valence-electron chi connectivity index (χ3n) is 3.45. The zero-order valence-corrected chi connectivity index (χ0v) is 9.71. The summed E-state index contributed by atoms with van der Waals surface area (Å²) in [5, 5.41) is 0. The zero-order chi connectivity index (χ0) is 12.5. The number of ketones is 1. The highest BCUT2D eigenvalue weighted by atomic mass is 16.5. The molecule has 1 aliphatic heterocycles. The van der Waals surface area contributed by atoms with Crippen molar-refractivity contribution in [3.05, 3.63) is 59.4 Å². The first-order chi connectivity index (χ1) is 8.79. The number of Topliss-reactive ketones (excluding diaryl/α,β-unsaturated/α-hetero) is 1. The predicted molar refractivity (Wildman–Crippen MR) is 66.2 cm³/mol. The molecule has 2 aliphatic rings. The molecule has 1 aromatic rings. The summed E-state index contributed by atoms with van der Waals surface area (Å²) >= 11 is 0. The molecule has 2 unspecified atom stereocenters. The first-order valence-corrected chi connectivity index (χ1v) is 5.88. The molecule has 0 N–H and O–H groups in total. The third kappa shape index (κ3) is 1.68. The monoisotopic (exact) mass is 240 g/mol. The number of carbonyl (C=O) groups excluding carboxylic acids is 2. The van der Waals surface area contributed by atoms with Gasteiger partial charge in [0.15, 0.2) is 5.78 Å². The van der Waals surface area contributed by atoms with E-state index in [4.69, 9.17) is 4.74 Å². The molecular formula is C15H12O3. The molecule has 3 nitrogen and oxygen atoms in total. The number of fused-ring (bicyclic) bond motifs is 1. The topological polar surface area (TPSA) is 43.4 Å². The van der Waals surface area contributed by atoms with Crippen molar-refractivity contribution in [3.8, 4) is 0 Å². The summed E-state index contributed by atoms with van der Waals surface area (Å²) in [7, 11) is 0. The van der Waals surface area contributed by atoms with Crippen molar-refractivity contribution in [1.82, 2.24) is 0 Å². The predicted octanol–water partition coefficient (Wildman–Crippen LogP) is 2.25. The molecule has 2 atom stereocenters. The molecule has 0 bridgehead atoms. The van der Waals surface area contributed by atoms with E-state index in [1.165, 1.54) is 0 Å². The van der Waals surface area contributed by atoms with Crippen LogP contribution in [0.5, 0.6) is 0 Å². The standard InChI is InChI=1S/C15H12O3/c16-7-10-1-3-11(4-2-10)13-6-5-12-8-18-9-14(12)15(13)17/h1-8,13-14H,9H2. The first-order valence-electron chi connectivity index (χ1n) is 5.88. The van der Waals surface area contributed by atoms with Crippen molar-refractivity contribution in [1.29, 1.82) is 0 Å². The largest absolute Gasteiger partial charge is 0.500 e. The first kappa shape index (κ1) is 11.0. The number of ether oxygens (including phenoxy) is 1. The molecule has 3 rings (SSSR count). The molecule has 0 aromatic heterocycles. The number of aldehydes is 1. The van der Waals surface area contributed by atoms with Gasteiger partial charge in [0.2, 0.25) is 0 Å². The minimum Gasteiger partial charge on any atom is -0.500 e. The normalized spacial score (nSPS) is 25.3. The van der Waals surface area contributed by atoms with Crippen LogP contribution in [0.25, 0.3) is 0 Å². The molecule has 3 heteroatoms. The van der Waals surface area contributed by atoms with E-state index in [1.54, 1.807) is 18.4 Å². The second kappa shape index (κ2) is 4.26. The number of rotatable bonds is 2. The molecule has 18 heavy (non-hydrogen) atoms. The van der Waals surface area contributed by atoms with E-state index in [2.05, 4.69) is 0 Å². The van der Waals surface area contributed by atoms with E-state index >= 15 is 0 Å². The smallest absolute Gasteiger partial charge is 0.155 e. The van der Waals surface area contributed by atoms with Gasteiger partial charge < -0.3 is 4.74 Å². The molecule has 90 valence electrons. The Balaban J connectivity index is 1.92. The van der Waals surface area contributed by atoms with E-state index in [0.29, 0.717) is 12.2 Å². The van der Waals surface area contributed by atoms with Crippen LogP contribution < -0.4 is 0 Å². The Morgan fingerprint density at radius 2 is 2.00 bits per heavy atom. The molecule has 0 saturated carbocycles. The van der Waals surface area contributed by atoms with Crippen molar-refractivity contribution in [2.24, 2.45) is 5.92 Å². The van der Waals surface area contributed by atoms with Gasteiger partial charge in [0, 0.05) is 11.1 Å². The second-order valence-electron chi connectivity index (χ2n) is 4.53. The average molecular weight is 240 g/mol. The highest BCUT2D eigenvalue weighted by Gasteiger charge is 2.34. The summed E-state index contributed by atoms with van der Waals surface area (Å²) in [5.74, 6) is -0.194. The molecule has 0 saturated heterocycles. The Morgan fingerprint density at radius 1 is 1.22 bits per heavy atom. The summed E-state index contributed by atoms with van der Waals surface area (Å²) < 4.78 is 5.20. The molecule has 1 aromatic carbocycles. The fourth-order valence-corrected chi connectivity index (χ4v) is 2.40. The number of hydrogen-bond donors (Lipinski definition) is 0. The number of allylic oxidation sites excluding steroid dienone is 2. The molecule has 1 aliphatic carbocycles. The maximum absolute atomic E-state index is 12.3. The molecule has 0 radical (unpaired) electrons. The Kier molecular flexibility index (Phi) is 2.59. The van der Waals surface area contributed by atoms with Crippen molar-refractivity contribution in [2.75, 3.05) is 6.61 Å². The van der Waals surface area contributed by atoms with Crippen LogP contribution in [0.15, 0.2) is 48.3 Å². The van der Waals surface area contributed by atoms with Gasteiger partial charge in [-0.05, 0) is 5.56 Å². The fourth-order valence-electron chi connectivity index (χ4n) is 2.40. The second-order valence-corrected chi connectivity index (χ2v) is 4.53. The van der Waals surface area contributed by atoms with Gasteiger partial charge in [-0.25, -0.2) is 0 Å². The molecule has 1 heterocycles. The number of benzene rings is 1. The average Bonchev–Trinajstić information content (AvgIpc) is 2.89. The summed E-state index contributed by atoms with van der Waals surface area (Å²) in [4.78, 5) is 22.9. The molecular weight excluding hydrogens is 228 g/mol. The molecule has 0 amide bonds. The van der Waals surface area contributed by atoms with Gasteiger partial charge in [-0.1, -0.05) is 36.4 Å². The quantitative estimate of drug-likeness (QED) is 0.745. The van der Waals surface area contributed by atoms with Crippen molar-refractivity contribution in [3.63, 3.8) is 0 Å². The van der Waals surface area contributed by atoms with Crippen LogP contribution in [0, 0.1) is 5.92 Å². The minimum absolute atomic E-state index is 0.134. The third-order valence-corrected chi connectivity index (χ3v) is 3.45. The lowest BCUT2D eigenvalue weighted by Gasteiger charge is -2.21. The Morgan fingerprint density at radius 3 is 2.72 bits per heavy atom. The minimum atomic E-state index is -0.227. The van der Waals surface area contributed by atoms with Gasteiger partial charge in [-0.2, -0.15) is 0 Å². The Labute approximate surface area is 105 Å². The summed E-state index contributed by atoms with van der Waals surface area (Å²) in [6.45, 7) is 0.446. The molecule has 0 fully saturated rings. The van der Waals surface area contributed by atoms with E-state index in [1.807, 2.05) is 24.3 Å². The maximum Gasteiger partial charge on any atom is 0.155 e. The van der Waals surface area contributed by atoms with Crippen LogP contribution in [0.2, 0.25) is 0 Å². The van der Waals surface area contributed by atoms with Gasteiger partial charge >= 0.3 is 0 Å². The maximum atomic E-state index is 12.3. The van der Waals surface area contributed by atoms with Gasteiger partial charge in [-0.3, -0.25) is 9.59 Å². The number of carbonyl (C=O) groups is 2. The van der Waals surface area contributed by atoms with E-state index < -0.39 is 0 Å². The lowest BCUT2D eigenvalue weighted by molar-refractivity contribution is -0.122. The summed E-state index contributed by atoms with van der Waals surface area (Å²) in [5.41, 5.74) is 2.50. The zero-order valence-electron chi connectivity index (χ0n) is 9.71. The van der Waals surface area contributed by atoms with Crippen LogP contribution in [0.3, 0.4) is 0 Å². The summed E-state index contributed by atoms with van der Waals surface area (Å²) in [6, 6.07) is 7.14. The number of hydrogen-bond acceptors (Lipinski definition) is 3. The van der Waals surface area contributed by atoms with Gasteiger partial charge in [-0.15, -0.1) is 0 Å².